The Hall–Kier alpha value is -1.80. The highest BCUT2D eigenvalue weighted by molar-refractivity contribution is 5.99. The number of carbonyl (C=O) groups is 2. The Balaban J connectivity index is 0.00000243. The summed E-state index contributed by atoms with van der Waals surface area (Å²) in [5, 5.41) is 3.14. The van der Waals surface area contributed by atoms with Gasteiger partial charge in [-0.25, -0.2) is 0 Å². The van der Waals surface area contributed by atoms with Crippen LogP contribution in [0, 0.1) is 0 Å². The van der Waals surface area contributed by atoms with Crippen molar-refractivity contribution in [1.82, 2.24) is 10.2 Å². The first-order valence-electron chi connectivity index (χ1n) is 8.31. The van der Waals surface area contributed by atoms with Gasteiger partial charge in [0.25, 0.3) is 5.91 Å². The second-order valence-electron chi connectivity index (χ2n) is 6.47. The monoisotopic (exact) mass is 391 g/mol. The second kappa shape index (κ2) is 7.84. The van der Waals surface area contributed by atoms with Gasteiger partial charge in [0.2, 0.25) is 5.91 Å². The molecule has 1 aromatic rings. The summed E-state index contributed by atoms with van der Waals surface area (Å²) in [5.41, 5.74) is -0.794. The molecule has 1 aromatic carbocycles. The topological polar surface area (TPSA) is 52.7 Å². The number of piperazine rings is 1. The van der Waals surface area contributed by atoms with Crippen LogP contribution in [0.25, 0.3) is 0 Å². The first kappa shape index (κ1) is 20.5. The Morgan fingerprint density at radius 3 is 2.54 bits per heavy atom. The van der Waals surface area contributed by atoms with E-state index >= 15 is 0 Å². The molecule has 3 rings (SSSR count). The van der Waals surface area contributed by atoms with Crippen LogP contribution in [0.4, 0.5) is 18.9 Å². The molecule has 5 nitrogen and oxygen atoms in total. The zero-order chi connectivity index (χ0) is 18.2. The van der Waals surface area contributed by atoms with Crippen LogP contribution in [-0.4, -0.2) is 48.9 Å². The molecule has 1 N–H and O–H groups in total. The van der Waals surface area contributed by atoms with Crippen molar-refractivity contribution in [1.29, 1.82) is 0 Å². The molecule has 2 aliphatic heterocycles. The van der Waals surface area contributed by atoms with Gasteiger partial charge in [-0.3, -0.25) is 9.59 Å². The fourth-order valence-corrected chi connectivity index (χ4v) is 3.28. The Bertz CT molecular complexity index is 696. The Labute approximate surface area is 155 Å². The summed E-state index contributed by atoms with van der Waals surface area (Å²) in [7, 11) is 0. The third-order valence-corrected chi connectivity index (χ3v) is 4.64. The van der Waals surface area contributed by atoms with Crippen LogP contribution in [0.3, 0.4) is 0 Å². The smallest absolute Gasteiger partial charge is 0.333 e. The summed E-state index contributed by atoms with van der Waals surface area (Å²) in [6.45, 7) is 3.86. The Morgan fingerprint density at radius 1 is 1.23 bits per heavy atom. The summed E-state index contributed by atoms with van der Waals surface area (Å²) in [6.07, 6.45) is -3.66. The Morgan fingerprint density at radius 2 is 1.96 bits per heavy atom. The highest BCUT2D eigenvalue weighted by atomic mass is 35.5. The van der Waals surface area contributed by atoms with Gasteiger partial charge in [-0.05, 0) is 31.5 Å². The largest absolute Gasteiger partial charge is 0.416 e. The van der Waals surface area contributed by atoms with Gasteiger partial charge in [-0.15, -0.1) is 12.4 Å². The molecule has 0 radical (unpaired) electrons. The lowest BCUT2D eigenvalue weighted by molar-refractivity contribution is -0.137. The number of amides is 2. The van der Waals surface area contributed by atoms with E-state index in [0.717, 1.165) is 12.1 Å². The zero-order valence-corrected chi connectivity index (χ0v) is 15.1. The van der Waals surface area contributed by atoms with E-state index in [1.807, 2.05) is 6.92 Å². The van der Waals surface area contributed by atoms with E-state index in [0.29, 0.717) is 39.0 Å². The minimum Gasteiger partial charge on any atom is -0.333 e. The average Bonchev–Trinajstić information content (AvgIpc) is 2.99. The summed E-state index contributed by atoms with van der Waals surface area (Å²) >= 11 is 0. The van der Waals surface area contributed by atoms with Gasteiger partial charge in [-0.1, -0.05) is 0 Å². The Kier molecular flexibility index (Phi) is 6.18. The van der Waals surface area contributed by atoms with Crippen molar-refractivity contribution in [3.63, 3.8) is 0 Å². The summed E-state index contributed by atoms with van der Waals surface area (Å²) < 4.78 is 39.8. The predicted molar refractivity (Wildman–Crippen MR) is 93.6 cm³/mol. The maximum Gasteiger partial charge on any atom is 0.416 e. The van der Waals surface area contributed by atoms with E-state index in [9.17, 15) is 22.8 Å². The molecule has 0 bridgehead atoms. The third kappa shape index (κ3) is 4.12. The average molecular weight is 392 g/mol. The number of anilines is 1. The van der Waals surface area contributed by atoms with Gasteiger partial charge in [0.15, 0.2) is 0 Å². The van der Waals surface area contributed by atoms with Crippen LogP contribution >= 0.6 is 12.4 Å². The standard InChI is InChI=1S/C17H20F3N3O2.ClH/c1-11-10-21-4-6-22(11)16(25)12-7-13(17(18,19)20)9-14(8-12)23-5-2-3-15(23)24;/h7-9,11,21H,2-6,10H2,1H3;1H/t11-;/m1./s1. The quantitative estimate of drug-likeness (QED) is 0.843. The van der Waals surface area contributed by atoms with Crippen molar-refractivity contribution in [3.8, 4) is 0 Å². The number of nitrogens with zero attached hydrogens (tertiary/aromatic N) is 2. The number of carbonyl (C=O) groups excluding carboxylic acids is 2. The van der Waals surface area contributed by atoms with E-state index in [1.54, 1.807) is 4.90 Å². The van der Waals surface area contributed by atoms with E-state index in [4.69, 9.17) is 0 Å². The molecule has 144 valence electrons. The van der Waals surface area contributed by atoms with E-state index in [-0.39, 0.29) is 35.6 Å². The lowest BCUT2D eigenvalue weighted by Gasteiger charge is -2.34. The van der Waals surface area contributed by atoms with E-state index in [2.05, 4.69) is 5.32 Å². The number of rotatable bonds is 2. The second-order valence-corrected chi connectivity index (χ2v) is 6.47. The van der Waals surface area contributed by atoms with Crippen molar-refractivity contribution in [2.24, 2.45) is 0 Å². The maximum atomic E-state index is 13.3. The van der Waals surface area contributed by atoms with Crippen molar-refractivity contribution in [2.45, 2.75) is 32.0 Å². The number of alkyl halides is 3. The molecule has 26 heavy (non-hydrogen) atoms. The van der Waals surface area contributed by atoms with Crippen LogP contribution in [0.1, 0.15) is 35.7 Å². The summed E-state index contributed by atoms with van der Waals surface area (Å²) in [5.74, 6) is -0.652. The first-order valence-corrected chi connectivity index (χ1v) is 8.31. The summed E-state index contributed by atoms with van der Waals surface area (Å²) in [6, 6.07) is 3.12. The van der Waals surface area contributed by atoms with Crippen LogP contribution < -0.4 is 10.2 Å². The zero-order valence-electron chi connectivity index (χ0n) is 14.3. The molecule has 0 aliphatic carbocycles. The van der Waals surface area contributed by atoms with Gasteiger partial charge >= 0.3 is 6.18 Å². The van der Waals surface area contributed by atoms with Gasteiger partial charge in [0.05, 0.1) is 5.56 Å². The minimum atomic E-state index is -4.58. The number of nitrogens with one attached hydrogen (secondary N) is 1. The molecule has 2 amide bonds. The molecular formula is C17H21ClF3N3O2. The molecule has 2 heterocycles. The molecule has 1 atom stereocenters. The van der Waals surface area contributed by atoms with Crippen molar-refractivity contribution in [2.75, 3.05) is 31.1 Å². The van der Waals surface area contributed by atoms with Crippen LogP contribution in [0.15, 0.2) is 18.2 Å². The van der Waals surface area contributed by atoms with Gasteiger partial charge in [0.1, 0.15) is 0 Å². The fraction of sp³-hybridized carbons (Fsp3) is 0.529. The van der Waals surface area contributed by atoms with Gasteiger partial charge in [0, 0.05) is 49.9 Å². The molecule has 0 spiro atoms. The molecular weight excluding hydrogens is 371 g/mol. The van der Waals surface area contributed by atoms with E-state index < -0.39 is 17.6 Å². The van der Waals surface area contributed by atoms with Gasteiger partial charge in [-0.2, -0.15) is 13.2 Å². The molecule has 2 fully saturated rings. The maximum absolute atomic E-state index is 13.3. The number of hydrogen-bond acceptors (Lipinski definition) is 3. The molecule has 9 heteroatoms. The third-order valence-electron chi connectivity index (χ3n) is 4.64. The molecule has 2 aliphatic rings. The number of benzene rings is 1. The number of halogens is 4. The van der Waals surface area contributed by atoms with Crippen molar-refractivity contribution >= 4 is 29.9 Å². The fourth-order valence-electron chi connectivity index (χ4n) is 3.28. The van der Waals surface area contributed by atoms with Crippen molar-refractivity contribution in [3.05, 3.63) is 29.3 Å². The highest BCUT2D eigenvalue weighted by Gasteiger charge is 2.34. The molecule has 2 saturated heterocycles. The van der Waals surface area contributed by atoms with Crippen LogP contribution in [0.2, 0.25) is 0 Å². The SMILES string of the molecule is C[C@@H]1CNCCN1C(=O)c1cc(N2CCCC2=O)cc(C(F)(F)F)c1.Cl. The summed E-state index contributed by atoms with van der Waals surface area (Å²) in [4.78, 5) is 27.6. The predicted octanol–water partition coefficient (Wildman–Crippen LogP) is 2.69. The van der Waals surface area contributed by atoms with E-state index in [1.165, 1.54) is 11.0 Å². The minimum absolute atomic E-state index is 0. The van der Waals surface area contributed by atoms with Crippen LogP contribution in [0.5, 0.6) is 0 Å². The highest BCUT2D eigenvalue weighted by Crippen LogP contribution is 2.34. The van der Waals surface area contributed by atoms with Gasteiger partial charge < -0.3 is 15.1 Å². The molecule has 0 aromatic heterocycles. The first-order chi connectivity index (χ1) is 11.8. The normalized spacial score (nSPS) is 20.9. The lowest BCUT2D eigenvalue weighted by Crippen LogP contribution is -2.52. The lowest BCUT2D eigenvalue weighted by atomic mass is 10.1. The van der Waals surface area contributed by atoms with Crippen LogP contribution in [-0.2, 0) is 11.0 Å². The molecule has 0 saturated carbocycles. The number of hydrogen-bond donors (Lipinski definition) is 1. The molecule has 0 unspecified atom stereocenters. The van der Waals surface area contributed by atoms with Crippen molar-refractivity contribution < 1.29 is 22.8 Å².